The van der Waals surface area contributed by atoms with Crippen molar-refractivity contribution < 1.29 is 18.1 Å². The van der Waals surface area contributed by atoms with E-state index in [0.717, 1.165) is 37.1 Å². The van der Waals surface area contributed by atoms with Gasteiger partial charge in [-0.15, -0.1) is 0 Å². The van der Waals surface area contributed by atoms with Crippen LogP contribution >= 0.6 is 0 Å². The third-order valence-corrected chi connectivity index (χ3v) is 4.39. The number of nitrogens with one attached hydrogen (secondary N) is 1. The van der Waals surface area contributed by atoms with Gasteiger partial charge in [-0.25, -0.2) is 13.1 Å². The van der Waals surface area contributed by atoms with E-state index in [-0.39, 0.29) is 10.6 Å². The number of carbonyl (C=O) groups excluding carboxylic acids is 1. The molecule has 0 spiro atoms. The molecule has 0 radical (unpaired) electrons. The molecule has 0 bridgehead atoms. The van der Waals surface area contributed by atoms with Crippen LogP contribution in [0.25, 0.3) is 0 Å². The van der Waals surface area contributed by atoms with Gasteiger partial charge in [-0.05, 0) is 18.6 Å². The maximum Gasteiger partial charge on any atom is 0.269 e. The van der Waals surface area contributed by atoms with Crippen LogP contribution < -0.4 is 4.72 Å². The molecule has 0 aliphatic carbocycles. The number of sulfonamides is 1. The largest absolute Gasteiger partial charge is 0.274 e. The van der Waals surface area contributed by atoms with Crippen LogP contribution in [0, 0.1) is 16.0 Å². The van der Waals surface area contributed by atoms with Crippen molar-refractivity contribution in [3.63, 3.8) is 0 Å². The average Bonchev–Trinajstić information content (AvgIpc) is 2.44. The minimum absolute atomic E-state index is 0.177. The Morgan fingerprint density at radius 2 is 1.90 bits per heavy atom. The van der Waals surface area contributed by atoms with Gasteiger partial charge < -0.3 is 0 Å². The fourth-order valence-electron chi connectivity index (χ4n) is 1.68. The first kappa shape index (κ1) is 17.1. The second-order valence-corrected chi connectivity index (χ2v) is 6.45. The number of nitrogens with zero attached hydrogens (tertiary/aromatic N) is 1. The Bertz CT molecular complexity index is 610. The molecule has 0 heterocycles. The van der Waals surface area contributed by atoms with Crippen molar-refractivity contribution in [2.24, 2.45) is 5.92 Å². The van der Waals surface area contributed by atoms with Crippen LogP contribution in [0.2, 0.25) is 0 Å². The molecule has 7 nitrogen and oxygen atoms in total. The molecule has 1 N–H and O–H groups in total. The summed E-state index contributed by atoms with van der Waals surface area (Å²) in [5.74, 6) is -0.973. The first-order chi connectivity index (χ1) is 9.77. The van der Waals surface area contributed by atoms with Gasteiger partial charge in [-0.3, -0.25) is 14.9 Å². The highest BCUT2D eigenvalue weighted by atomic mass is 32.2. The van der Waals surface area contributed by atoms with E-state index < -0.39 is 26.8 Å². The fraction of sp³-hybridized carbons (Fsp3) is 0.462. The molecule has 1 aromatic carbocycles. The van der Waals surface area contributed by atoms with Gasteiger partial charge in [0.15, 0.2) is 0 Å². The lowest BCUT2D eigenvalue weighted by molar-refractivity contribution is -0.384. The standard InChI is InChI=1S/C13H18N2O5S/c1-3-4-5-10(2)13(16)14-21(19,20)12-8-6-11(7-9-12)15(17)18/h6-10H,3-5H2,1-2H3,(H,14,16). The molecule has 1 aromatic rings. The van der Waals surface area contributed by atoms with Crippen LogP contribution in [0.3, 0.4) is 0 Å². The highest BCUT2D eigenvalue weighted by Crippen LogP contribution is 2.16. The Morgan fingerprint density at radius 1 is 1.33 bits per heavy atom. The van der Waals surface area contributed by atoms with E-state index in [0.29, 0.717) is 6.42 Å². The quantitative estimate of drug-likeness (QED) is 0.613. The SMILES string of the molecule is CCCCC(C)C(=O)NS(=O)(=O)c1ccc([N+](=O)[O-])cc1. The van der Waals surface area contributed by atoms with Crippen molar-refractivity contribution in [2.75, 3.05) is 0 Å². The van der Waals surface area contributed by atoms with Gasteiger partial charge in [0.1, 0.15) is 0 Å². The maximum absolute atomic E-state index is 12.0. The summed E-state index contributed by atoms with van der Waals surface area (Å²) in [5, 5.41) is 10.5. The van der Waals surface area contributed by atoms with E-state index in [4.69, 9.17) is 0 Å². The van der Waals surface area contributed by atoms with Crippen molar-refractivity contribution in [1.29, 1.82) is 0 Å². The van der Waals surface area contributed by atoms with E-state index >= 15 is 0 Å². The third-order valence-electron chi connectivity index (χ3n) is 3.03. The van der Waals surface area contributed by atoms with Crippen molar-refractivity contribution in [3.8, 4) is 0 Å². The van der Waals surface area contributed by atoms with Crippen molar-refractivity contribution in [2.45, 2.75) is 38.0 Å². The summed E-state index contributed by atoms with van der Waals surface area (Å²) in [7, 11) is -3.99. The molecule has 1 atom stereocenters. The van der Waals surface area contributed by atoms with Gasteiger partial charge in [-0.1, -0.05) is 26.7 Å². The summed E-state index contributed by atoms with van der Waals surface area (Å²) in [6.07, 6.45) is 2.37. The molecule has 1 amide bonds. The molecule has 0 aliphatic heterocycles. The van der Waals surface area contributed by atoms with Gasteiger partial charge in [0.05, 0.1) is 9.82 Å². The Kier molecular flexibility index (Phi) is 5.83. The lowest BCUT2D eigenvalue weighted by atomic mass is 10.0. The number of nitro benzene ring substituents is 1. The number of hydrogen-bond donors (Lipinski definition) is 1. The lowest BCUT2D eigenvalue weighted by Crippen LogP contribution is -2.34. The molecule has 1 rings (SSSR count). The highest BCUT2D eigenvalue weighted by molar-refractivity contribution is 7.90. The summed E-state index contributed by atoms with van der Waals surface area (Å²) in [6, 6.07) is 4.37. The number of non-ortho nitro benzene ring substituents is 1. The fourth-order valence-corrected chi connectivity index (χ4v) is 2.76. The minimum Gasteiger partial charge on any atom is -0.274 e. The van der Waals surface area contributed by atoms with E-state index in [9.17, 15) is 23.3 Å². The van der Waals surface area contributed by atoms with Crippen molar-refractivity contribution >= 4 is 21.6 Å². The van der Waals surface area contributed by atoms with Gasteiger partial charge >= 0.3 is 0 Å². The number of rotatable bonds is 7. The Balaban J connectivity index is 2.81. The summed E-state index contributed by atoms with van der Waals surface area (Å²) in [5.41, 5.74) is -0.211. The van der Waals surface area contributed by atoms with Crippen LogP contribution in [0.15, 0.2) is 29.2 Å². The van der Waals surface area contributed by atoms with Gasteiger partial charge in [0.25, 0.3) is 15.7 Å². The lowest BCUT2D eigenvalue weighted by Gasteiger charge is -2.12. The summed E-state index contributed by atoms with van der Waals surface area (Å²) in [6.45, 7) is 3.65. The highest BCUT2D eigenvalue weighted by Gasteiger charge is 2.22. The number of amides is 1. The molecule has 8 heteroatoms. The molecule has 0 fully saturated rings. The molecule has 0 saturated carbocycles. The Morgan fingerprint density at radius 3 is 2.38 bits per heavy atom. The molecule has 0 aromatic heterocycles. The van der Waals surface area contributed by atoms with Gasteiger partial charge in [0, 0.05) is 18.1 Å². The predicted molar refractivity (Wildman–Crippen MR) is 77.1 cm³/mol. The van der Waals surface area contributed by atoms with Crippen LogP contribution in [-0.4, -0.2) is 19.2 Å². The minimum atomic E-state index is -3.99. The zero-order valence-corrected chi connectivity index (χ0v) is 12.7. The molecule has 0 aliphatic rings. The second kappa shape index (κ2) is 7.16. The van der Waals surface area contributed by atoms with E-state index in [1.165, 1.54) is 0 Å². The first-order valence-corrected chi connectivity index (χ1v) is 8.07. The summed E-state index contributed by atoms with van der Waals surface area (Å²) < 4.78 is 26.0. The maximum atomic E-state index is 12.0. The number of nitro groups is 1. The van der Waals surface area contributed by atoms with Crippen molar-refractivity contribution in [1.82, 2.24) is 4.72 Å². The molecule has 1 unspecified atom stereocenters. The number of unbranched alkanes of at least 4 members (excludes halogenated alkanes) is 1. The normalized spacial score (nSPS) is 12.7. The predicted octanol–water partition coefficient (Wildman–Crippen LogP) is 2.23. The molecule has 21 heavy (non-hydrogen) atoms. The molecular formula is C13H18N2O5S. The topological polar surface area (TPSA) is 106 Å². The van der Waals surface area contributed by atoms with E-state index in [1.54, 1.807) is 6.92 Å². The number of benzene rings is 1. The first-order valence-electron chi connectivity index (χ1n) is 6.59. The third kappa shape index (κ3) is 4.82. The van der Waals surface area contributed by atoms with Gasteiger partial charge in [-0.2, -0.15) is 0 Å². The van der Waals surface area contributed by atoms with Crippen LogP contribution in [0.5, 0.6) is 0 Å². The second-order valence-electron chi connectivity index (χ2n) is 4.76. The summed E-state index contributed by atoms with van der Waals surface area (Å²) >= 11 is 0. The number of hydrogen-bond acceptors (Lipinski definition) is 5. The average molecular weight is 314 g/mol. The van der Waals surface area contributed by atoms with Crippen LogP contribution in [0.4, 0.5) is 5.69 Å². The number of carbonyl (C=O) groups is 1. The Labute approximate surface area is 123 Å². The monoisotopic (exact) mass is 314 g/mol. The Hall–Kier alpha value is -1.96. The smallest absolute Gasteiger partial charge is 0.269 e. The van der Waals surface area contributed by atoms with E-state index in [2.05, 4.69) is 0 Å². The zero-order valence-electron chi connectivity index (χ0n) is 11.9. The van der Waals surface area contributed by atoms with E-state index in [1.807, 2.05) is 11.6 Å². The van der Waals surface area contributed by atoms with Crippen LogP contribution in [-0.2, 0) is 14.8 Å². The van der Waals surface area contributed by atoms with Crippen LogP contribution in [0.1, 0.15) is 33.1 Å². The van der Waals surface area contributed by atoms with Crippen molar-refractivity contribution in [3.05, 3.63) is 34.4 Å². The zero-order chi connectivity index (χ0) is 16.0. The van der Waals surface area contributed by atoms with Gasteiger partial charge in [0.2, 0.25) is 5.91 Å². The molecular weight excluding hydrogens is 296 g/mol. The molecule has 0 saturated heterocycles. The summed E-state index contributed by atoms with van der Waals surface area (Å²) in [4.78, 5) is 21.5. The molecule has 116 valence electrons.